The molecule has 100 valence electrons. The van der Waals surface area contributed by atoms with E-state index in [2.05, 4.69) is 0 Å². The molecule has 3 rings (SSSR count). The van der Waals surface area contributed by atoms with E-state index in [1.165, 1.54) is 44.1 Å². The van der Waals surface area contributed by atoms with Gasteiger partial charge < -0.3 is 4.74 Å². The van der Waals surface area contributed by atoms with Gasteiger partial charge in [0.1, 0.15) is 5.76 Å². The van der Waals surface area contributed by atoms with Gasteiger partial charge in [0.05, 0.1) is 27.0 Å². The number of hydroxylamine groups is 2. The SMILES string of the molecule is COC1=CN(OC)CC2CCCC3CCCC1=C32. The largest absolute Gasteiger partial charge is 0.495 e. The third-order valence-electron chi connectivity index (χ3n) is 4.73. The molecule has 0 bridgehead atoms. The zero-order valence-electron chi connectivity index (χ0n) is 11.4. The van der Waals surface area contributed by atoms with Crippen LogP contribution in [0.25, 0.3) is 0 Å². The van der Waals surface area contributed by atoms with E-state index in [-0.39, 0.29) is 0 Å². The average molecular weight is 249 g/mol. The second-order valence-corrected chi connectivity index (χ2v) is 5.63. The first-order valence-electron chi connectivity index (χ1n) is 7.13. The van der Waals surface area contributed by atoms with Gasteiger partial charge in [-0.15, -0.1) is 0 Å². The molecule has 0 aromatic rings. The highest BCUT2D eigenvalue weighted by molar-refractivity contribution is 5.38. The zero-order chi connectivity index (χ0) is 12.5. The molecule has 2 aliphatic carbocycles. The smallest absolute Gasteiger partial charge is 0.140 e. The van der Waals surface area contributed by atoms with E-state index in [0.717, 1.165) is 18.2 Å². The van der Waals surface area contributed by atoms with E-state index in [1.54, 1.807) is 19.8 Å². The topological polar surface area (TPSA) is 21.7 Å². The third kappa shape index (κ3) is 1.95. The van der Waals surface area contributed by atoms with Crippen LogP contribution in [0.4, 0.5) is 0 Å². The van der Waals surface area contributed by atoms with Gasteiger partial charge in [-0.25, -0.2) is 0 Å². The van der Waals surface area contributed by atoms with E-state index < -0.39 is 0 Å². The van der Waals surface area contributed by atoms with Gasteiger partial charge in [0, 0.05) is 5.92 Å². The van der Waals surface area contributed by atoms with Crippen molar-refractivity contribution in [3.8, 4) is 0 Å². The van der Waals surface area contributed by atoms with Gasteiger partial charge in [-0.1, -0.05) is 12.0 Å². The number of methoxy groups -OCH3 is 1. The molecular formula is C15H23NO2. The standard InChI is InChI=1S/C15H23NO2/c1-17-14-10-16(18-2)9-12-7-3-5-11-6-4-8-13(14)15(11)12/h10-12H,3-9H2,1-2H3. The Morgan fingerprint density at radius 2 is 1.89 bits per heavy atom. The predicted octanol–water partition coefficient (Wildman–Crippen LogP) is 3.25. The lowest BCUT2D eigenvalue weighted by Crippen LogP contribution is -2.30. The highest BCUT2D eigenvalue weighted by Crippen LogP contribution is 2.46. The normalized spacial score (nSPS) is 31.7. The molecule has 0 saturated heterocycles. The summed E-state index contributed by atoms with van der Waals surface area (Å²) in [6.07, 6.45) is 9.96. The van der Waals surface area contributed by atoms with Crippen molar-refractivity contribution in [3.05, 3.63) is 23.1 Å². The van der Waals surface area contributed by atoms with Crippen LogP contribution in [0, 0.1) is 11.8 Å². The van der Waals surface area contributed by atoms with Crippen LogP contribution in [-0.2, 0) is 9.57 Å². The van der Waals surface area contributed by atoms with E-state index in [1.807, 2.05) is 11.3 Å². The van der Waals surface area contributed by atoms with Crippen LogP contribution < -0.4 is 0 Å². The van der Waals surface area contributed by atoms with Gasteiger partial charge in [-0.3, -0.25) is 9.90 Å². The lowest BCUT2D eigenvalue weighted by atomic mass is 9.69. The van der Waals surface area contributed by atoms with Crippen molar-refractivity contribution in [3.63, 3.8) is 0 Å². The summed E-state index contributed by atoms with van der Waals surface area (Å²) in [5.74, 6) is 2.51. The van der Waals surface area contributed by atoms with Gasteiger partial charge in [0.2, 0.25) is 0 Å². The summed E-state index contributed by atoms with van der Waals surface area (Å²) in [5, 5.41) is 1.95. The molecule has 18 heavy (non-hydrogen) atoms. The molecule has 0 N–H and O–H groups in total. The van der Waals surface area contributed by atoms with Crippen molar-refractivity contribution in [1.29, 1.82) is 0 Å². The highest BCUT2D eigenvalue weighted by Gasteiger charge is 2.36. The molecule has 0 spiro atoms. The first kappa shape index (κ1) is 12.1. The lowest BCUT2D eigenvalue weighted by Gasteiger charge is -2.37. The fraction of sp³-hybridized carbons (Fsp3) is 0.733. The number of nitrogens with zero attached hydrogens (tertiary/aromatic N) is 1. The summed E-state index contributed by atoms with van der Waals surface area (Å²) in [6, 6.07) is 0. The summed E-state index contributed by atoms with van der Waals surface area (Å²) in [6.45, 7) is 0.985. The summed E-state index contributed by atoms with van der Waals surface area (Å²) in [4.78, 5) is 5.45. The molecule has 3 heteroatoms. The Hall–Kier alpha value is -0.960. The molecular weight excluding hydrogens is 226 g/mol. The van der Waals surface area contributed by atoms with Gasteiger partial charge in [0.25, 0.3) is 0 Å². The van der Waals surface area contributed by atoms with Crippen molar-refractivity contribution in [2.24, 2.45) is 11.8 Å². The Morgan fingerprint density at radius 3 is 2.67 bits per heavy atom. The first-order valence-corrected chi connectivity index (χ1v) is 7.13. The van der Waals surface area contributed by atoms with Gasteiger partial charge in [-0.05, 0) is 43.6 Å². The summed E-state index contributed by atoms with van der Waals surface area (Å²) in [5.41, 5.74) is 3.18. The summed E-state index contributed by atoms with van der Waals surface area (Å²) >= 11 is 0. The second kappa shape index (κ2) is 4.96. The van der Waals surface area contributed by atoms with Crippen molar-refractivity contribution in [1.82, 2.24) is 5.06 Å². The molecule has 2 unspecified atom stereocenters. The molecule has 1 fully saturated rings. The van der Waals surface area contributed by atoms with Gasteiger partial charge >= 0.3 is 0 Å². The van der Waals surface area contributed by atoms with Gasteiger partial charge in [-0.2, -0.15) is 0 Å². The Bertz CT molecular complexity index is 386. The minimum Gasteiger partial charge on any atom is -0.495 e. The summed E-state index contributed by atoms with van der Waals surface area (Å²) < 4.78 is 5.62. The predicted molar refractivity (Wildman–Crippen MR) is 70.5 cm³/mol. The third-order valence-corrected chi connectivity index (χ3v) is 4.73. The molecule has 3 nitrogen and oxygen atoms in total. The maximum atomic E-state index is 5.62. The molecule has 0 amide bonds. The summed E-state index contributed by atoms with van der Waals surface area (Å²) in [7, 11) is 3.52. The fourth-order valence-electron chi connectivity index (χ4n) is 3.95. The van der Waals surface area contributed by atoms with E-state index in [4.69, 9.17) is 9.57 Å². The quantitative estimate of drug-likeness (QED) is 0.750. The van der Waals surface area contributed by atoms with Crippen molar-refractivity contribution < 1.29 is 9.57 Å². The molecule has 0 radical (unpaired) electrons. The zero-order valence-corrected chi connectivity index (χ0v) is 11.4. The molecule has 0 aromatic heterocycles. The molecule has 1 heterocycles. The van der Waals surface area contributed by atoms with Crippen LogP contribution in [0.3, 0.4) is 0 Å². The maximum Gasteiger partial charge on any atom is 0.140 e. The van der Waals surface area contributed by atoms with Crippen molar-refractivity contribution >= 4 is 0 Å². The molecule has 0 aromatic carbocycles. The van der Waals surface area contributed by atoms with Crippen LogP contribution in [0.15, 0.2) is 23.1 Å². The number of rotatable bonds is 2. The number of hydrogen-bond donors (Lipinski definition) is 0. The van der Waals surface area contributed by atoms with Crippen LogP contribution in [0.5, 0.6) is 0 Å². The number of hydrogen-bond acceptors (Lipinski definition) is 3. The minimum absolute atomic E-state index is 0.669. The Labute approximate surface area is 109 Å². The van der Waals surface area contributed by atoms with Crippen LogP contribution in [0.2, 0.25) is 0 Å². The van der Waals surface area contributed by atoms with Crippen molar-refractivity contribution in [2.45, 2.75) is 38.5 Å². The van der Waals surface area contributed by atoms with Crippen LogP contribution >= 0.6 is 0 Å². The highest BCUT2D eigenvalue weighted by atomic mass is 16.7. The Morgan fingerprint density at radius 1 is 1.11 bits per heavy atom. The molecule has 1 saturated carbocycles. The van der Waals surface area contributed by atoms with Crippen molar-refractivity contribution in [2.75, 3.05) is 20.8 Å². The van der Waals surface area contributed by atoms with E-state index in [9.17, 15) is 0 Å². The number of ether oxygens (including phenoxy) is 1. The maximum absolute atomic E-state index is 5.62. The Kier molecular flexibility index (Phi) is 3.33. The van der Waals surface area contributed by atoms with Crippen LogP contribution in [0.1, 0.15) is 38.5 Å². The fourth-order valence-corrected chi connectivity index (χ4v) is 3.95. The number of allylic oxidation sites excluding steroid dienone is 1. The van der Waals surface area contributed by atoms with E-state index >= 15 is 0 Å². The van der Waals surface area contributed by atoms with Crippen LogP contribution in [-0.4, -0.2) is 25.8 Å². The van der Waals surface area contributed by atoms with E-state index in [0.29, 0.717) is 5.92 Å². The molecule has 1 aliphatic heterocycles. The monoisotopic (exact) mass is 249 g/mol. The Balaban J connectivity index is 2.02. The second-order valence-electron chi connectivity index (χ2n) is 5.63. The molecule has 3 aliphatic rings. The average Bonchev–Trinajstić information content (AvgIpc) is 2.58. The first-order chi connectivity index (χ1) is 8.83. The minimum atomic E-state index is 0.669. The lowest BCUT2D eigenvalue weighted by molar-refractivity contribution is -0.0975. The van der Waals surface area contributed by atoms with Gasteiger partial charge in [0.15, 0.2) is 0 Å². The molecule has 2 atom stereocenters.